The maximum absolute atomic E-state index is 12.9. The molecule has 6 heteroatoms. The van der Waals surface area contributed by atoms with Crippen molar-refractivity contribution in [3.8, 4) is 5.75 Å². The Balaban J connectivity index is 2.07. The van der Waals surface area contributed by atoms with E-state index in [2.05, 4.69) is 5.32 Å². The molecule has 0 aromatic heterocycles. The lowest BCUT2D eigenvalue weighted by atomic mass is 10.1. The minimum Gasteiger partial charge on any atom is -0.497 e. The van der Waals surface area contributed by atoms with Crippen LogP contribution in [0.5, 0.6) is 5.75 Å². The number of benzene rings is 2. The van der Waals surface area contributed by atoms with E-state index in [-0.39, 0.29) is 11.8 Å². The molecule has 0 aliphatic carbocycles. The average molecular weight is 401 g/mol. The summed E-state index contributed by atoms with van der Waals surface area (Å²) < 4.78 is 5.27. The van der Waals surface area contributed by atoms with Crippen molar-refractivity contribution in [3.63, 3.8) is 0 Å². The van der Waals surface area contributed by atoms with Crippen LogP contribution in [0.2, 0.25) is 0 Å². The number of rotatable bonds is 10. The van der Waals surface area contributed by atoms with E-state index in [9.17, 15) is 9.59 Å². The highest BCUT2D eigenvalue weighted by Crippen LogP contribution is 2.20. The molecule has 5 nitrogen and oxygen atoms in total. The van der Waals surface area contributed by atoms with Crippen LogP contribution in [0.3, 0.4) is 0 Å². The normalized spacial score (nSPS) is 11.5. The molecule has 2 rings (SSSR count). The first kappa shape index (κ1) is 21.8. The summed E-state index contributed by atoms with van der Waals surface area (Å²) >= 11 is 1.64. The Labute approximate surface area is 171 Å². The highest BCUT2D eigenvalue weighted by Gasteiger charge is 2.25. The van der Waals surface area contributed by atoms with Crippen molar-refractivity contribution < 1.29 is 14.3 Å². The molecule has 0 unspecified atom stereocenters. The summed E-state index contributed by atoms with van der Waals surface area (Å²) in [5.41, 5.74) is 0.930. The Morgan fingerprint density at radius 1 is 1.14 bits per heavy atom. The lowest BCUT2D eigenvalue weighted by molar-refractivity contribution is -0.140. The third kappa shape index (κ3) is 6.60. The summed E-state index contributed by atoms with van der Waals surface area (Å²) in [5.74, 6) is 1.22. The first-order chi connectivity index (χ1) is 13.5. The van der Waals surface area contributed by atoms with Crippen LogP contribution >= 0.6 is 11.8 Å². The highest BCUT2D eigenvalue weighted by molar-refractivity contribution is 7.99. The molecule has 150 valence electrons. The SMILES string of the molecule is CCNC(=O)[C@@H](C)N(Cc1cccc(OC)c1)C(=O)CCSc1ccccc1. The van der Waals surface area contributed by atoms with Gasteiger partial charge in [-0.3, -0.25) is 9.59 Å². The predicted octanol–water partition coefficient (Wildman–Crippen LogP) is 3.73. The molecule has 0 radical (unpaired) electrons. The van der Waals surface area contributed by atoms with Crippen molar-refractivity contribution >= 4 is 23.6 Å². The van der Waals surface area contributed by atoms with Crippen LogP contribution in [0.25, 0.3) is 0 Å². The Bertz CT molecular complexity index is 767. The van der Waals surface area contributed by atoms with Gasteiger partial charge < -0.3 is 15.0 Å². The van der Waals surface area contributed by atoms with Crippen molar-refractivity contribution in [1.29, 1.82) is 0 Å². The van der Waals surface area contributed by atoms with Gasteiger partial charge in [0.15, 0.2) is 0 Å². The van der Waals surface area contributed by atoms with E-state index in [0.29, 0.717) is 25.3 Å². The van der Waals surface area contributed by atoms with Gasteiger partial charge in [-0.15, -0.1) is 11.8 Å². The van der Waals surface area contributed by atoms with Gasteiger partial charge in [0.05, 0.1) is 7.11 Å². The fraction of sp³-hybridized carbons (Fsp3) is 0.364. The molecular weight excluding hydrogens is 372 g/mol. The number of nitrogens with zero attached hydrogens (tertiary/aromatic N) is 1. The quantitative estimate of drug-likeness (QED) is 0.618. The Kier molecular flexibility index (Phi) is 8.88. The molecule has 0 saturated carbocycles. The maximum atomic E-state index is 12.9. The Morgan fingerprint density at radius 2 is 1.89 bits per heavy atom. The number of likely N-dealkylation sites (N-methyl/N-ethyl adjacent to an activating group) is 1. The first-order valence-electron chi connectivity index (χ1n) is 9.43. The topological polar surface area (TPSA) is 58.6 Å². The van der Waals surface area contributed by atoms with E-state index < -0.39 is 6.04 Å². The van der Waals surface area contributed by atoms with Gasteiger partial charge in [-0.25, -0.2) is 0 Å². The zero-order chi connectivity index (χ0) is 20.4. The van der Waals surface area contributed by atoms with E-state index >= 15 is 0 Å². The van der Waals surface area contributed by atoms with E-state index in [0.717, 1.165) is 16.2 Å². The minimum absolute atomic E-state index is 0.0370. The number of thioether (sulfide) groups is 1. The van der Waals surface area contributed by atoms with Crippen molar-refractivity contribution in [2.24, 2.45) is 0 Å². The van der Waals surface area contributed by atoms with Crippen molar-refractivity contribution in [1.82, 2.24) is 10.2 Å². The molecule has 0 aliphatic rings. The van der Waals surface area contributed by atoms with Crippen LogP contribution in [-0.4, -0.2) is 42.2 Å². The molecule has 0 fully saturated rings. The van der Waals surface area contributed by atoms with Gasteiger partial charge in [-0.1, -0.05) is 30.3 Å². The molecule has 0 heterocycles. The van der Waals surface area contributed by atoms with Gasteiger partial charge in [0.1, 0.15) is 11.8 Å². The second-order valence-corrected chi connectivity index (χ2v) is 7.52. The number of nitrogens with one attached hydrogen (secondary N) is 1. The fourth-order valence-corrected chi connectivity index (χ4v) is 3.65. The lowest BCUT2D eigenvalue weighted by Crippen LogP contribution is -2.47. The first-order valence-corrected chi connectivity index (χ1v) is 10.4. The maximum Gasteiger partial charge on any atom is 0.242 e. The number of hydrogen-bond acceptors (Lipinski definition) is 4. The number of ether oxygens (including phenoxy) is 1. The molecule has 0 saturated heterocycles. The van der Waals surface area contributed by atoms with E-state index in [1.807, 2.05) is 61.5 Å². The molecule has 28 heavy (non-hydrogen) atoms. The van der Waals surface area contributed by atoms with E-state index in [4.69, 9.17) is 4.74 Å². The van der Waals surface area contributed by atoms with Gasteiger partial charge in [0, 0.05) is 30.2 Å². The van der Waals surface area contributed by atoms with Crippen LogP contribution in [0.15, 0.2) is 59.5 Å². The number of carbonyl (C=O) groups is 2. The van der Waals surface area contributed by atoms with Crippen LogP contribution < -0.4 is 10.1 Å². The largest absolute Gasteiger partial charge is 0.497 e. The van der Waals surface area contributed by atoms with Crippen LogP contribution in [-0.2, 0) is 16.1 Å². The fourth-order valence-electron chi connectivity index (χ4n) is 2.79. The zero-order valence-electron chi connectivity index (χ0n) is 16.7. The summed E-state index contributed by atoms with van der Waals surface area (Å²) in [4.78, 5) is 28.1. The molecule has 0 aliphatic heterocycles. The van der Waals surface area contributed by atoms with Crippen molar-refractivity contribution in [2.45, 2.75) is 37.8 Å². The number of carbonyl (C=O) groups excluding carboxylic acids is 2. The van der Waals surface area contributed by atoms with Gasteiger partial charge in [-0.2, -0.15) is 0 Å². The summed E-state index contributed by atoms with van der Waals surface area (Å²) in [7, 11) is 1.61. The van der Waals surface area contributed by atoms with E-state index in [1.165, 1.54) is 0 Å². The van der Waals surface area contributed by atoms with Crippen molar-refractivity contribution in [3.05, 3.63) is 60.2 Å². The number of hydrogen-bond donors (Lipinski definition) is 1. The highest BCUT2D eigenvalue weighted by atomic mass is 32.2. The van der Waals surface area contributed by atoms with Gasteiger partial charge >= 0.3 is 0 Å². The second-order valence-electron chi connectivity index (χ2n) is 6.36. The Hall–Kier alpha value is -2.47. The summed E-state index contributed by atoms with van der Waals surface area (Å²) in [6.45, 7) is 4.54. The molecular formula is C22H28N2O3S. The molecule has 1 atom stereocenters. The standard InChI is InChI=1S/C22H28N2O3S/c1-4-23-22(26)17(2)24(16-18-9-8-10-19(15-18)27-3)21(25)13-14-28-20-11-6-5-7-12-20/h5-12,15,17H,4,13-14,16H2,1-3H3,(H,23,26)/t17-/m1/s1. The Morgan fingerprint density at radius 3 is 2.57 bits per heavy atom. The predicted molar refractivity (Wildman–Crippen MR) is 113 cm³/mol. The third-order valence-corrected chi connectivity index (χ3v) is 5.35. The van der Waals surface area contributed by atoms with Crippen LogP contribution in [0.1, 0.15) is 25.8 Å². The van der Waals surface area contributed by atoms with Crippen LogP contribution in [0.4, 0.5) is 0 Å². The van der Waals surface area contributed by atoms with Crippen molar-refractivity contribution in [2.75, 3.05) is 19.4 Å². The molecule has 0 spiro atoms. The monoisotopic (exact) mass is 400 g/mol. The van der Waals surface area contributed by atoms with Gasteiger partial charge in [-0.05, 0) is 43.7 Å². The molecule has 1 N–H and O–H groups in total. The second kappa shape index (κ2) is 11.4. The van der Waals surface area contributed by atoms with Crippen LogP contribution in [0, 0.1) is 0 Å². The van der Waals surface area contributed by atoms with Gasteiger partial charge in [0.25, 0.3) is 0 Å². The smallest absolute Gasteiger partial charge is 0.242 e. The summed E-state index contributed by atoms with van der Waals surface area (Å²) in [5, 5.41) is 2.81. The summed E-state index contributed by atoms with van der Waals surface area (Å²) in [6.07, 6.45) is 0.368. The molecule has 2 aromatic rings. The summed E-state index contributed by atoms with van der Waals surface area (Å²) in [6, 6.07) is 17.0. The molecule has 0 bridgehead atoms. The molecule has 2 amide bonds. The number of methoxy groups -OCH3 is 1. The third-order valence-electron chi connectivity index (χ3n) is 4.33. The van der Waals surface area contributed by atoms with E-state index in [1.54, 1.807) is 30.7 Å². The average Bonchev–Trinajstić information content (AvgIpc) is 2.72. The lowest BCUT2D eigenvalue weighted by Gasteiger charge is -2.29. The number of amides is 2. The minimum atomic E-state index is -0.541. The molecule has 2 aromatic carbocycles. The zero-order valence-corrected chi connectivity index (χ0v) is 17.5. The van der Waals surface area contributed by atoms with Gasteiger partial charge in [0.2, 0.25) is 11.8 Å².